The number of carbonyl (C=O) groups excluding carboxylic acids is 1. The number of ether oxygens (including phenoxy) is 1. The molecule has 22 heavy (non-hydrogen) atoms. The minimum absolute atomic E-state index is 0. The van der Waals surface area contributed by atoms with Crippen molar-refractivity contribution in [3.63, 3.8) is 0 Å². The molecule has 1 atom stereocenters. The normalized spacial score (nSPS) is 11.4. The summed E-state index contributed by atoms with van der Waals surface area (Å²) >= 11 is 0. The van der Waals surface area contributed by atoms with Crippen molar-refractivity contribution in [2.45, 2.75) is 39.0 Å². The Labute approximate surface area is 144 Å². The van der Waals surface area contributed by atoms with Gasteiger partial charge in [0.2, 0.25) is 0 Å². The van der Waals surface area contributed by atoms with E-state index in [1.54, 1.807) is 6.42 Å². The minimum Gasteiger partial charge on any atom is -0.358 e. The van der Waals surface area contributed by atoms with Crippen LogP contribution in [-0.4, -0.2) is 13.1 Å². The summed E-state index contributed by atoms with van der Waals surface area (Å²) in [5, 5.41) is 0. The van der Waals surface area contributed by atoms with Crippen LogP contribution in [0.15, 0.2) is 11.6 Å². The molecule has 0 heterocycles. The van der Waals surface area contributed by atoms with E-state index in [1.165, 1.54) is 25.5 Å². The van der Waals surface area contributed by atoms with Crippen molar-refractivity contribution >= 4 is 5.97 Å². The first kappa shape index (κ1) is 32.7. The van der Waals surface area contributed by atoms with Gasteiger partial charge in [-0.2, -0.15) is 0 Å². The van der Waals surface area contributed by atoms with E-state index in [0.29, 0.717) is 5.92 Å². The fourth-order valence-corrected chi connectivity index (χ4v) is 1.95. The van der Waals surface area contributed by atoms with Crippen molar-refractivity contribution in [2.24, 2.45) is 5.92 Å². The Kier molecular flexibility index (Phi) is 41.7. The van der Waals surface area contributed by atoms with E-state index < -0.39 is 0 Å². The van der Waals surface area contributed by atoms with Crippen LogP contribution in [0.1, 0.15) is 39.0 Å². The second kappa shape index (κ2) is 28.0. The molecule has 6 heteroatoms. The predicted molar refractivity (Wildman–Crippen MR) is 74.9 cm³/mol. The molecule has 0 aromatic carbocycles. The Morgan fingerprint density at radius 2 is 1.82 bits per heavy atom. The Morgan fingerprint density at radius 1 is 1.32 bits per heavy atom. The molecule has 0 N–H and O–H groups in total. The van der Waals surface area contributed by atoms with Gasteiger partial charge < -0.3 is 12.2 Å². The molecule has 0 aliphatic heterocycles. The van der Waals surface area contributed by atoms with Crippen LogP contribution in [0.25, 0.3) is 0 Å². The molecule has 0 saturated carbocycles. The van der Waals surface area contributed by atoms with Gasteiger partial charge >= 0.3 is 51.0 Å². The van der Waals surface area contributed by atoms with E-state index in [9.17, 15) is 4.79 Å². The Bertz CT molecular complexity index is 317. The third kappa shape index (κ3) is 16.9. The van der Waals surface area contributed by atoms with Gasteiger partial charge in [-0.1, -0.05) is 31.4 Å². The fraction of sp³-hybridized carbons (Fsp3) is 0.500. The molecule has 1 rings (SSSR count). The van der Waals surface area contributed by atoms with Crippen LogP contribution in [0.4, 0.5) is 0 Å². The molecule has 1 aliphatic rings. The summed E-state index contributed by atoms with van der Waals surface area (Å²) in [4.78, 5) is 11.1. The van der Waals surface area contributed by atoms with Gasteiger partial charge in [-0.3, -0.25) is 11.2 Å². The molecular formula is C16H22FeO5. The zero-order valence-electron chi connectivity index (χ0n) is 13.2. The van der Waals surface area contributed by atoms with Gasteiger partial charge in [0.15, 0.2) is 5.97 Å². The molecule has 0 fully saturated rings. The van der Waals surface area contributed by atoms with Gasteiger partial charge in [0.25, 0.3) is 0 Å². The summed E-state index contributed by atoms with van der Waals surface area (Å²) in [7, 11) is 1.44. The summed E-state index contributed by atoms with van der Waals surface area (Å²) < 4.78 is 27.2. The third-order valence-corrected chi connectivity index (χ3v) is 2.69. The number of allylic oxidation sites excluding steroid dienone is 2. The maximum absolute atomic E-state index is 11.1. The van der Waals surface area contributed by atoms with Crippen LogP contribution in [0.3, 0.4) is 0 Å². The second-order valence-corrected chi connectivity index (χ2v) is 3.76. The average molecular weight is 350 g/mol. The maximum atomic E-state index is 11.1. The van der Waals surface area contributed by atoms with E-state index in [4.69, 9.17) is 14.0 Å². The molecule has 0 spiro atoms. The van der Waals surface area contributed by atoms with Crippen molar-refractivity contribution in [1.82, 2.24) is 0 Å². The van der Waals surface area contributed by atoms with Crippen LogP contribution < -0.4 is 0 Å². The van der Waals surface area contributed by atoms with Crippen molar-refractivity contribution in [3.05, 3.63) is 45.4 Å². The van der Waals surface area contributed by atoms with Crippen molar-refractivity contribution in [3.8, 4) is 0 Å². The second-order valence-electron chi connectivity index (χ2n) is 3.76. The molecule has 0 radical (unpaired) electrons. The largest absolute Gasteiger partial charge is 2.00 e. The van der Waals surface area contributed by atoms with Crippen LogP contribution in [0.2, 0.25) is 0 Å². The van der Waals surface area contributed by atoms with Crippen LogP contribution in [0, 0.1) is 39.7 Å². The number of hydrogen-bond donors (Lipinski definition) is 0. The van der Waals surface area contributed by atoms with Gasteiger partial charge in [0, 0.05) is 0 Å². The number of rotatable bonds is 5. The van der Waals surface area contributed by atoms with Gasteiger partial charge in [-0.05, 0) is 19.3 Å². The topological polar surface area (TPSA) is 86.0 Å². The van der Waals surface area contributed by atoms with Crippen molar-refractivity contribution in [2.75, 3.05) is 7.11 Å². The maximum Gasteiger partial charge on any atom is 2.00 e. The van der Waals surface area contributed by atoms with Gasteiger partial charge in [0.1, 0.15) is 0 Å². The molecular weight excluding hydrogens is 328 g/mol. The zero-order chi connectivity index (χ0) is 16.4. The van der Waals surface area contributed by atoms with Gasteiger partial charge in [-0.15, -0.1) is 5.92 Å². The SMILES string of the molecule is CCC[C@@H]([CH-]C(=O)OC)C1=CCCC1.[C-]#[O+].[C-]#[O+].[C-]#[O+].[CH3-].[Fe+2]. The van der Waals surface area contributed by atoms with Crippen molar-refractivity contribution < 1.29 is 40.6 Å². The van der Waals surface area contributed by atoms with E-state index in [1.807, 2.05) is 0 Å². The minimum atomic E-state index is -0.198. The molecule has 0 saturated heterocycles. The summed E-state index contributed by atoms with van der Waals surface area (Å²) in [5.41, 5.74) is 1.43. The predicted octanol–water partition coefficient (Wildman–Crippen LogP) is 3.23. The Morgan fingerprint density at radius 3 is 2.14 bits per heavy atom. The number of hydrogen-bond acceptors (Lipinski definition) is 2. The molecule has 0 unspecified atom stereocenters. The average Bonchev–Trinajstić information content (AvgIpc) is 3.07. The number of esters is 1. The molecule has 0 amide bonds. The van der Waals surface area contributed by atoms with Gasteiger partial charge in [-0.25, -0.2) is 0 Å². The number of carbonyl (C=O) groups is 1. The number of methoxy groups -OCH3 is 1. The molecule has 0 aromatic heterocycles. The first-order valence-electron chi connectivity index (χ1n) is 6.01. The summed E-state index contributed by atoms with van der Waals surface area (Å²) in [6, 6.07) is 0. The molecule has 124 valence electrons. The van der Waals surface area contributed by atoms with Crippen LogP contribution >= 0.6 is 0 Å². The van der Waals surface area contributed by atoms with E-state index >= 15 is 0 Å². The molecule has 0 bridgehead atoms. The third-order valence-electron chi connectivity index (χ3n) is 2.69. The monoisotopic (exact) mass is 350 g/mol. The Balaban J connectivity index is -0.000000108. The Hall–Kier alpha value is -1.18. The van der Waals surface area contributed by atoms with Crippen LogP contribution in [-0.2, 0) is 40.6 Å². The van der Waals surface area contributed by atoms with E-state index in [2.05, 4.69) is 37.7 Å². The molecule has 0 aromatic rings. The fourth-order valence-electron chi connectivity index (χ4n) is 1.95. The molecule has 5 nitrogen and oxygen atoms in total. The summed E-state index contributed by atoms with van der Waals surface area (Å²) in [6.45, 7) is 15.6. The summed E-state index contributed by atoms with van der Waals surface area (Å²) in [5.74, 6) is 0.117. The standard InChI is InChI=1S/C12H19O2.3CO.CH3.Fe/c1-3-6-11(9-12(13)14-2)10-7-4-5-8-10;3*1-2;;/h7,9,11H,3-6,8H2,1-2H3;;;;1H3;/q-1;;;;-1;+2/t11-;;;;;/m0...../s1. The van der Waals surface area contributed by atoms with Crippen molar-refractivity contribution in [1.29, 1.82) is 0 Å². The van der Waals surface area contributed by atoms with Crippen LogP contribution in [0.5, 0.6) is 0 Å². The van der Waals surface area contributed by atoms with E-state index in [-0.39, 0.29) is 30.5 Å². The zero-order valence-corrected chi connectivity index (χ0v) is 14.3. The van der Waals surface area contributed by atoms with E-state index in [0.717, 1.165) is 19.3 Å². The first-order valence-corrected chi connectivity index (χ1v) is 6.01. The quantitative estimate of drug-likeness (QED) is 0.251. The summed E-state index contributed by atoms with van der Waals surface area (Å²) in [6.07, 6.45) is 9.73. The first-order chi connectivity index (χ1) is 9.77. The smallest absolute Gasteiger partial charge is 0.358 e. The molecule has 1 aliphatic carbocycles. The van der Waals surface area contributed by atoms with Gasteiger partial charge in [0.05, 0.1) is 7.11 Å².